The average Bonchev–Trinajstić information content (AvgIpc) is 3.17. The molecule has 0 unspecified atom stereocenters. The fourth-order valence-electron chi connectivity index (χ4n) is 2.62. The Kier molecular flexibility index (Phi) is 7.38. The van der Waals surface area contributed by atoms with Gasteiger partial charge in [-0.3, -0.25) is 4.79 Å². The van der Waals surface area contributed by atoms with Crippen molar-refractivity contribution in [2.45, 2.75) is 32.9 Å². The molecule has 0 fully saturated rings. The van der Waals surface area contributed by atoms with E-state index in [1.165, 1.54) is 10.9 Å². The lowest BCUT2D eigenvalue weighted by atomic mass is 10.1. The number of alkyl halides is 3. The van der Waals surface area contributed by atoms with Gasteiger partial charge < -0.3 is 15.4 Å². The summed E-state index contributed by atoms with van der Waals surface area (Å²) in [6, 6.07) is 8.22. The van der Waals surface area contributed by atoms with Gasteiger partial charge in [-0.05, 0) is 31.9 Å². The summed E-state index contributed by atoms with van der Waals surface area (Å²) in [5, 5.41) is 12.4. The Bertz CT molecular complexity index is 995. The summed E-state index contributed by atoms with van der Waals surface area (Å²) in [4.78, 5) is 29.6. The van der Waals surface area contributed by atoms with Crippen molar-refractivity contribution in [3.63, 3.8) is 0 Å². The Hall–Kier alpha value is -2.88. The quantitative estimate of drug-likeness (QED) is 0.578. The van der Waals surface area contributed by atoms with Gasteiger partial charge in [0.25, 0.3) is 0 Å². The molecule has 3 rings (SSSR count). The van der Waals surface area contributed by atoms with Crippen LogP contribution in [0.1, 0.15) is 21.1 Å². The highest BCUT2D eigenvalue weighted by atomic mass is 32.1. The van der Waals surface area contributed by atoms with Crippen molar-refractivity contribution in [2.75, 3.05) is 6.54 Å². The number of aryl methyl sites for hydroxylation is 2. The Morgan fingerprint density at radius 2 is 1.90 bits per heavy atom. The third kappa shape index (κ3) is 6.60. The molecule has 156 valence electrons. The van der Waals surface area contributed by atoms with Crippen LogP contribution in [0, 0.1) is 13.8 Å². The fraction of sp³-hybridized carbons (Fsp3) is 0.316. The lowest BCUT2D eigenvalue weighted by Crippen LogP contribution is -2.27. The Morgan fingerprint density at radius 3 is 2.48 bits per heavy atom. The molecule has 0 aliphatic carbocycles. The smallest absolute Gasteiger partial charge is 0.475 e. The Morgan fingerprint density at radius 1 is 1.24 bits per heavy atom. The summed E-state index contributed by atoms with van der Waals surface area (Å²) in [5.41, 5.74) is 3.34. The van der Waals surface area contributed by atoms with Crippen molar-refractivity contribution in [1.82, 2.24) is 15.3 Å². The second-order valence-corrected chi connectivity index (χ2v) is 7.47. The van der Waals surface area contributed by atoms with E-state index in [1.807, 2.05) is 32.2 Å². The third-order valence-corrected chi connectivity index (χ3v) is 5.03. The molecule has 0 saturated carbocycles. The predicted molar refractivity (Wildman–Crippen MR) is 104 cm³/mol. The van der Waals surface area contributed by atoms with Gasteiger partial charge in [0, 0.05) is 28.5 Å². The number of para-hydroxylation sites is 1. The van der Waals surface area contributed by atoms with Gasteiger partial charge in [-0.1, -0.05) is 18.2 Å². The van der Waals surface area contributed by atoms with E-state index in [2.05, 4.69) is 27.4 Å². The van der Waals surface area contributed by atoms with Crippen LogP contribution in [0.15, 0.2) is 30.5 Å². The van der Waals surface area contributed by atoms with Crippen LogP contribution >= 0.6 is 11.3 Å². The van der Waals surface area contributed by atoms with E-state index in [1.54, 1.807) is 11.3 Å². The van der Waals surface area contributed by atoms with Crippen LogP contribution < -0.4 is 5.32 Å². The summed E-state index contributed by atoms with van der Waals surface area (Å²) in [6.07, 6.45) is -1.81. The van der Waals surface area contributed by atoms with Gasteiger partial charge >= 0.3 is 12.1 Å². The first-order valence-electron chi connectivity index (χ1n) is 8.62. The van der Waals surface area contributed by atoms with E-state index in [4.69, 9.17) is 9.90 Å². The van der Waals surface area contributed by atoms with Crippen LogP contribution in [-0.4, -0.2) is 39.7 Å². The van der Waals surface area contributed by atoms with Crippen LogP contribution in [-0.2, 0) is 22.4 Å². The predicted octanol–water partition coefficient (Wildman–Crippen LogP) is 3.78. The molecule has 0 radical (unpaired) electrons. The number of nitrogens with one attached hydrogen (secondary N) is 2. The SMILES string of the molecule is Cc1nc(C)c(CC(=O)NCCc2c[nH]c3ccccc23)s1.O=C(O)C(F)(F)F. The summed E-state index contributed by atoms with van der Waals surface area (Å²) in [5.74, 6) is -2.70. The number of benzene rings is 1. The number of H-pyrrole nitrogens is 1. The summed E-state index contributed by atoms with van der Waals surface area (Å²) in [6.45, 7) is 4.58. The summed E-state index contributed by atoms with van der Waals surface area (Å²) >= 11 is 1.60. The third-order valence-electron chi connectivity index (χ3n) is 3.95. The highest BCUT2D eigenvalue weighted by Gasteiger charge is 2.38. The largest absolute Gasteiger partial charge is 0.490 e. The molecule has 0 aliphatic rings. The minimum Gasteiger partial charge on any atom is -0.475 e. The minimum atomic E-state index is -5.08. The first kappa shape index (κ1) is 22.4. The molecular formula is C19H20F3N3O3S. The number of amides is 1. The van der Waals surface area contributed by atoms with E-state index in [0.29, 0.717) is 13.0 Å². The van der Waals surface area contributed by atoms with Crippen molar-refractivity contribution in [2.24, 2.45) is 0 Å². The topological polar surface area (TPSA) is 95.1 Å². The number of carboxylic acid groups (broad SMARTS) is 1. The van der Waals surface area contributed by atoms with E-state index in [0.717, 1.165) is 27.5 Å². The maximum atomic E-state index is 12.0. The number of hydrogen-bond acceptors (Lipinski definition) is 4. The molecule has 1 aromatic carbocycles. The van der Waals surface area contributed by atoms with Crippen LogP contribution in [0.3, 0.4) is 0 Å². The van der Waals surface area contributed by atoms with E-state index < -0.39 is 12.1 Å². The van der Waals surface area contributed by atoms with Gasteiger partial charge in [-0.25, -0.2) is 9.78 Å². The second-order valence-electron chi connectivity index (χ2n) is 6.18. The lowest BCUT2D eigenvalue weighted by Gasteiger charge is -2.04. The van der Waals surface area contributed by atoms with Crippen molar-refractivity contribution >= 4 is 34.1 Å². The summed E-state index contributed by atoms with van der Waals surface area (Å²) < 4.78 is 31.7. The molecule has 1 amide bonds. The number of rotatable bonds is 5. The zero-order chi connectivity index (χ0) is 21.6. The highest BCUT2D eigenvalue weighted by molar-refractivity contribution is 7.11. The maximum Gasteiger partial charge on any atom is 0.490 e. The first-order chi connectivity index (χ1) is 13.6. The van der Waals surface area contributed by atoms with E-state index in [9.17, 15) is 18.0 Å². The number of carbonyl (C=O) groups is 2. The number of carbonyl (C=O) groups excluding carboxylic acids is 1. The van der Waals surface area contributed by atoms with E-state index >= 15 is 0 Å². The number of thiazole rings is 1. The van der Waals surface area contributed by atoms with Crippen LogP contribution in [0.25, 0.3) is 10.9 Å². The zero-order valence-electron chi connectivity index (χ0n) is 15.8. The first-order valence-corrected chi connectivity index (χ1v) is 9.44. The van der Waals surface area contributed by atoms with Gasteiger partial charge in [0.05, 0.1) is 17.1 Å². The number of aliphatic carboxylic acids is 1. The van der Waals surface area contributed by atoms with Gasteiger partial charge in [-0.15, -0.1) is 11.3 Å². The molecule has 0 bridgehead atoms. The standard InChI is InChI=1S/C17H19N3OS.C2HF3O2/c1-11-16(22-12(2)20-11)9-17(21)18-8-7-13-10-19-15-6-4-3-5-14(13)15;3-2(4,5)1(6)7/h3-6,10,19H,7-9H2,1-2H3,(H,18,21);(H,6,7). The molecule has 2 aromatic heterocycles. The molecule has 0 saturated heterocycles. The van der Waals surface area contributed by atoms with Crippen molar-refractivity contribution in [3.8, 4) is 0 Å². The van der Waals surface area contributed by atoms with Gasteiger partial charge in [0.2, 0.25) is 5.91 Å². The second kappa shape index (κ2) is 9.55. The number of hydrogen-bond donors (Lipinski definition) is 3. The van der Waals surface area contributed by atoms with Gasteiger partial charge in [0.15, 0.2) is 0 Å². The average molecular weight is 427 g/mol. The molecule has 29 heavy (non-hydrogen) atoms. The van der Waals surface area contributed by atoms with E-state index in [-0.39, 0.29) is 5.91 Å². The lowest BCUT2D eigenvalue weighted by molar-refractivity contribution is -0.192. The van der Waals surface area contributed by atoms with Crippen molar-refractivity contribution in [1.29, 1.82) is 0 Å². The van der Waals surface area contributed by atoms with Crippen molar-refractivity contribution < 1.29 is 27.9 Å². The number of aromatic nitrogens is 2. The number of carboxylic acids is 1. The Balaban J connectivity index is 0.000000370. The number of halogens is 3. The monoisotopic (exact) mass is 427 g/mol. The molecule has 3 aromatic rings. The molecule has 10 heteroatoms. The summed E-state index contributed by atoms with van der Waals surface area (Å²) in [7, 11) is 0. The van der Waals surface area contributed by atoms with Crippen LogP contribution in [0.5, 0.6) is 0 Å². The molecule has 0 spiro atoms. The number of aromatic amines is 1. The number of fused-ring (bicyclic) bond motifs is 1. The van der Waals surface area contributed by atoms with Crippen LogP contribution in [0.4, 0.5) is 13.2 Å². The van der Waals surface area contributed by atoms with Crippen molar-refractivity contribution in [3.05, 3.63) is 51.6 Å². The molecular weight excluding hydrogens is 407 g/mol. The molecule has 2 heterocycles. The minimum absolute atomic E-state index is 0.0617. The van der Waals surface area contributed by atoms with Crippen LogP contribution in [0.2, 0.25) is 0 Å². The maximum absolute atomic E-state index is 12.0. The van der Waals surface area contributed by atoms with Gasteiger partial charge in [-0.2, -0.15) is 13.2 Å². The molecule has 3 N–H and O–H groups in total. The Labute approximate surface area is 168 Å². The van der Waals surface area contributed by atoms with Gasteiger partial charge in [0.1, 0.15) is 0 Å². The molecule has 0 atom stereocenters. The highest BCUT2D eigenvalue weighted by Crippen LogP contribution is 2.19. The fourth-order valence-corrected chi connectivity index (χ4v) is 3.56. The number of nitrogens with zero attached hydrogens (tertiary/aromatic N) is 1. The molecule has 0 aliphatic heterocycles. The zero-order valence-corrected chi connectivity index (χ0v) is 16.6. The molecule has 6 nitrogen and oxygen atoms in total. The normalized spacial score (nSPS) is 11.1.